The van der Waals surface area contributed by atoms with Crippen LogP contribution in [-0.4, -0.2) is 23.3 Å². The Hall–Kier alpha value is -0.340. The molecule has 1 heterocycles. The third-order valence-electron chi connectivity index (χ3n) is 4.37. The lowest BCUT2D eigenvalue weighted by Gasteiger charge is -2.19. The standard InChI is InChI=1S/C15H20BrN/c16-8-4-7-13-14-10-17(11-15(13)14)9-12-5-2-1-3-6-12/h1-3,5-6,13-15H,4,7-11H2. The number of fused-ring (bicyclic) bond motifs is 1. The van der Waals surface area contributed by atoms with Gasteiger partial charge in [0.15, 0.2) is 0 Å². The van der Waals surface area contributed by atoms with Crippen molar-refractivity contribution in [3.05, 3.63) is 35.9 Å². The van der Waals surface area contributed by atoms with Crippen molar-refractivity contribution < 1.29 is 0 Å². The van der Waals surface area contributed by atoms with E-state index in [1.807, 2.05) is 0 Å². The Morgan fingerprint density at radius 3 is 2.47 bits per heavy atom. The van der Waals surface area contributed by atoms with Gasteiger partial charge in [-0.3, -0.25) is 4.90 Å². The highest BCUT2D eigenvalue weighted by atomic mass is 79.9. The van der Waals surface area contributed by atoms with Crippen molar-refractivity contribution in [1.82, 2.24) is 4.90 Å². The molecule has 1 nitrogen and oxygen atoms in total. The predicted molar refractivity (Wildman–Crippen MR) is 75.2 cm³/mol. The van der Waals surface area contributed by atoms with Gasteiger partial charge in [-0.05, 0) is 36.2 Å². The molecule has 0 radical (unpaired) electrons. The van der Waals surface area contributed by atoms with Gasteiger partial charge in [-0.1, -0.05) is 46.3 Å². The fourth-order valence-electron chi connectivity index (χ4n) is 3.45. The summed E-state index contributed by atoms with van der Waals surface area (Å²) in [5.41, 5.74) is 1.46. The van der Waals surface area contributed by atoms with E-state index in [1.165, 1.54) is 36.8 Å². The molecule has 0 bridgehead atoms. The minimum Gasteiger partial charge on any atom is -0.298 e. The third-order valence-corrected chi connectivity index (χ3v) is 4.93. The van der Waals surface area contributed by atoms with E-state index in [0.29, 0.717) is 0 Å². The van der Waals surface area contributed by atoms with Crippen LogP contribution in [0.4, 0.5) is 0 Å². The number of piperidine rings is 1. The molecule has 0 amide bonds. The van der Waals surface area contributed by atoms with Crippen LogP contribution in [0.15, 0.2) is 30.3 Å². The number of likely N-dealkylation sites (tertiary alicyclic amines) is 1. The highest BCUT2D eigenvalue weighted by molar-refractivity contribution is 9.09. The zero-order chi connectivity index (χ0) is 11.7. The molecule has 2 fully saturated rings. The van der Waals surface area contributed by atoms with Crippen LogP contribution in [0.3, 0.4) is 0 Å². The Balaban J connectivity index is 1.46. The number of nitrogens with zero attached hydrogens (tertiary/aromatic N) is 1. The summed E-state index contributed by atoms with van der Waals surface area (Å²) in [5.74, 6) is 3.11. The van der Waals surface area contributed by atoms with Gasteiger partial charge in [0.05, 0.1) is 0 Å². The number of rotatable bonds is 5. The Morgan fingerprint density at radius 1 is 1.12 bits per heavy atom. The average Bonchev–Trinajstić information content (AvgIpc) is 2.81. The summed E-state index contributed by atoms with van der Waals surface area (Å²) in [6.07, 6.45) is 2.80. The molecule has 17 heavy (non-hydrogen) atoms. The van der Waals surface area contributed by atoms with Crippen molar-refractivity contribution in [2.75, 3.05) is 18.4 Å². The molecule has 3 rings (SSSR count). The van der Waals surface area contributed by atoms with Crippen molar-refractivity contribution >= 4 is 15.9 Å². The summed E-state index contributed by atoms with van der Waals surface area (Å²) in [6, 6.07) is 10.9. The van der Waals surface area contributed by atoms with E-state index < -0.39 is 0 Å². The van der Waals surface area contributed by atoms with Crippen molar-refractivity contribution in [1.29, 1.82) is 0 Å². The van der Waals surface area contributed by atoms with E-state index in [2.05, 4.69) is 51.2 Å². The van der Waals surface area contributed by atoms with E-state index in [-0.39, 0.29) is 0 Å². The minimum absolute atomic E-state index is 1.03. The van der Waals surface area contributed by atoms with Gasteiger partial charge in [-0.2, -0.15) is 0 Å². The molecule has 1 saturated carbocycles. The first-order valence-electron chi connectivity index (χ1n) is 6.70. The summed E-state index contributed by atoms with van der Waals surface area (Å²) in [7, 11) is 0. The Kier molecular flexibility index (Phi) is 3.53. The van der Waals surface area contributed by atoms with E-state index in [1.54, 1.807) is 0 Å². The molecule has 1 aliphatic heterocycles. The second-order valence-corrected chi connectivity index (χ2v) is 6.30. The molecule has 2 unspecified atom stereocenters. The Bertz CT molecular complexity index is 352. The van der Waals surface area contributed by atoms with Gasteiger partial charge in [0, 0.05) is 25.0 Å². The summed E-state index contributed by atoms with van der Waals surface area (Å²) in [5, 5.41) is 1.18. The van der Waals surface area contributed by atoms with Gasteiger partial charge >= 0.3 is 0 Å². The topological polar surface area (TPSA) is 3.24 Å². The van der Waals surface area contributed by atoms with E-state index >= 15 is 0 Å². The summed E-state index contributed by atoms with van der Waals surface area (Å²) < 4.78 is 0. The first-order valence-corrected chi connectivity index (χ1v) is 7.83. The number of hydrogen-bond donors (Lipinski definition) is 0. The zero-order valence-electron chi connectivity index (χ0n) is 10.2. The highest BCUT2D eigenvalue weighted by Crippen LogP contribution is 2.54. The molecule has 0 N–H and O–H groups in total. The Morgan fingerprint density at radius 2 is 1.82 bits per heavy atom. The summed E-state index contributed by atoms with van der Waals surface area (Å²) in [4.78, 5) is 2.63. The molecule has 92 valence electrons. The maximum atomic E-state index is 3.53. The van der Waals surface area contributed by atoms with Crippen molar-refractivity contribution in [2.45, 2.75) is 19.4 Å². The average molecular weight is 294 g/mol. The molecular formula is C15H20BrN. The number of hydrogen-bond acceptors (Lipinski definition) is 1. The molecule has 2 aliphatic rings. The van der Waals surface area contributed by atoms with E-state index in [4.69, 9.17) is 0 Å². The zero-order valence-corrected chi connectivity index (χ0v) is 11.8. The lowest BCUT2D eigenvalue weighted by Crippen LogP contribution is -2.24. The maximum absolute atomic E-state index is 3.53. The molecule has 2 atom stereocenters. The largest absolute Gasteiger partial charge is 0.298 e. The van der Waals surface area contributed by atoms with Gasteiger partial charge in [0.1, 0.15) is 0 Å². The van der Waals surface area contributed by atoms with E-state index in [0.717, 1.165) is 24.3 Å². The number of halogens is 1. The molecule has 2 heteroatoms. The molecule has 1 aromatic rings. The van der Waals surface area contributed by atoms with Crippen LogP contribution in [0.5, 0.6) is 0 Å². The predicted octanol–water partition coefficient (Wildman–Crippen LogP) is 3.54. The molecule has 1 saturated heterocycles. The third kappa shape index (κ3) is 2.58. The molecular weight excluding hydrogens is 274 g/mol. The summed E-state index contributed by atoms with van der Waals surface area (Å²) in [6.45, 7) is 3.83. The molecule has 1 aliphatic carbocycles. The normalized spacial score (nSPS) is 31.5. The van der Waals surface area contributed by atoms with Gasteiger partial charge in [-0.15, -0.1) is 0 Å². The fraction of sp³-hybridized carbons (Fsp3) is 0.600. The second kappa shape index (κ2) is 5.11. The maximum Gasteiger partial charge on any atom is 0.0233 e. The van der Waals surface area contributed by atoms with Crippen LogP contribution >= 0.6 is 15.9 Å². The van der Waals surface area contributed by atoms with Gasteiger partial charge in [0.2, 0.25) is 0 Å². The smallest absolute Gasteiger partial charge is 0.0233 e. The SMILES string of the molecule is BrCCCC1C2CN(Cc3ccccc3)CC12. The first-order chi connectivity index (χ1) is 8.38. The number of alkyl halides is 1. The van der Waals surface area contributed by atoms with Crippen LogP contribution in [-0.2, 0) is 6.54 Å². The minimum atomic E-state index is 1.03. The number of benzene rings is 1. The van der Waals surface area contributed by atoms with Crippen molar-refractivity contribution in [3.8, 4) is 0 Å². The molecule has 0 spiro atoms. The fourth-order valence-corrected chi connectivity index (χ4v) is 3.77. The van der Waals surface area contributed by atoms with Gasteiger partial charge < -0.3 is 0 Å². The molecule has 0 aromatic heterocycles. The van der Waals surface area contributed by atoms with Crippen LogP contribution in [0.1, 0.15) is 18.4 Å². The van der Waals surface area contributed by atoms with Crippen molar-refractivity contribution in [2.24, 2.45) is 17.8 Å². The van der Waals surface area contributed by atoms with Crippen LogP contribution < -0.4 is 0 Å². The molecule has 1 aromatic carbocycles. The first kappa shape index (κ1) is 11.7. The summed E-state index contributed by atoms with van der Waals surface area (Å²) >= 11 is 3.53. The van der Waals surface area contributed by atoms with Gasteiger partial charge in [-0.25, -0.2) is 0 Å². The van der Waals surface area contributed by atoms with Crippen LogP contribution in [0.25, 0.3) is 0 Å². The lowest BCUT2D eigenvalue weighted by molar-refractivity contribution is 0.274. The highest BCUT2D eigenvalue weighted by Gasteiger charge is 2.54. The monoisotopic (exact) mass is 293 g/mol. The van der Waals surface area contributed by atoms with Crippen LogP contribution in [0.2, 0.25) is 0 Å². The van der Waals surface area contributed by atoms with Crippen LogP contribution in [0, 0.1) is 17.8 Å². The van der Waals surface area contributed by atoms with E-state index in [9.17, 15) is 0 Å². The quantitative estimate of drug-likeness (QED) is 0.751. The van der Waals surface area contributed by atoms with Crippen molar-refractivity contribution in [3.63, 3.8) is 0 Å². The lowest BCUT2D eigenvalue weighted by atomic mass is 10.1. The Labute approximate surface area is 112 Å². The van der Waals surface area contributed by atoms with Gasteiger partial charge in [0.25, 0.3) is 0 Å². The second-order valence-electron chi connectivity index (χ2n) is 5.50.